The molecule has 0 aliphatic heterocycles. The van der Waals surface area contributed by atoms with Gasteiger partial charge in [0.25, 0.3) is 0 Å². The summed E-state index contributed by atoms with van der Waals surface area (Å²) in [6.07, 6.45) is 9.26. The van der Waals surface area contributed by atoms with Crippen molar-refractivity contribution in [2.45, 2.75) is 51.4 Å². The molecule has 0 N–H and O–H groups in total. The molecule has 0 bridgehead atoms. The third kappa shape index (κ3) is 4.73. The van der Waals surface area contributed by atoms with Crippen molar-refractivity contribution in [1.82, 2.24) is 4.90 Å². The van der Waals surface area contributed by atoms with Gasteiger partial charge in [-0.25, -0.2) is 0 Å². The van der Waals surface area contributed by atoms with E-state index < -0.39 is 0 Å². The Bertz CT molecular complexity index is 202. The zero-order valence-electron chi connectivity index (χ0n) is 10.4. The van der Waals surface area contributed by atoms with Crippen LogP contribution in [0.2, 0.25) is 0 Å². The molecule has 0 spiro atoms. The summed E-state index contributed by atoms with van der Waals surface area (Å²) in [6.45, 7) is 0.895. The van der Waals surface area contributed by atoms with E-state index in [0.717, 1.165) is 44.5 Å². The predicted octanol–water partition coefficient (Wildman–Crippen LogP) is 3.43. The molecular formula is C13H24ClNO. The van der Waals surface area contributed by atoms with E-state index in [1.54, 1.807) is 0 Å². The minimum atomic E-state index is 0.312. The van der Waals surface area contributed by atoms with Crippen molar-refractivity contribution < 1.29 is 4.79 Å². The molecule has 0 aromatic rings. The van der Waals surface area contributed by atoms with Crippen LogP contribution in [0.15, 0.2) is 0 Å². The second-order valence-corrected chi connectivity index (χ2v) is 5.22. The lowest BCUT2D eigenvalue weighted by molar-refractivity contribution is -0.135. The number of unbranched alkanes of at least 4 members (excludes halogenated alkanes) is 2. The summed E-state index contributed by atoms with van der Waals surface area (Å²) < 4.78 is 0. The van der Waals surface area contributed by atoms with Gasteiger partial charge in [0.05, 0.1) is 0 Å². The Labute approximate surface area is 104 Å². The summed E-state index contributed by atoms with van der Waals surface area (Å²) in [5.74, 6) is 1.41. The lowest BCUT2D eigenvalue weighted by Gasteiger charge is -2.26. The van der Waals surface area contributed by atoms with Gasteiger partial charge in [-0.2, -0.15) is 0 Å². The number of carbonyl (C=O) groups is 1. The van der Waals surface area contributed by atoms with Gasteiger partial charge >= 0.3 is 0 Å². The lowest BCUT2D eigenvalue weighted by Crippen LogP contribution is -2.34. The number of rotatable bonds is 6. The van der Waals surface area contributed by atoms with Crippen LogP contribution in [0.4, 0.5) is 0 Å². The Kier molecular flexibility index (Phi) is 6.86. The van der Waals surface area contributed by atoms with Crippen LogP contribution in [0.3, 0.4) is 0 Å². The molecule has 2 nitrogen and oxygen atoms in total. The van der Waals surface area contributed by atoms with Gasteiger partial charge in [0.2, 0.25) is 5.91 Å². The molecule has 0 saturated heterocycles. The monoisotopic (exact) mass is 245 g/mol. The van der Waals surface area contributed by atoms with Crippen molar-refractivity contribution in [3.05, 3.63) is 0 Å². The Morgan fingerprint density at radius 1 is 1.19 bits per heavy atom. The maximum Gasteiger partial charge on any atom is 0.225 e. The maximum atomic E-state index is 12.1. The Balaban J connectivity index is 2.18. The molecule has 3 heteroatoms. The van der Waals surface area contributed by atoms with E-state index in [2.05, 4.69) is 0 Å². The summed E-state index contributed by atoms with van der Waals surface area (Å²) in [7, 11) is 1.94. The number of carbonyl (C=O) groups excluding carboxylic acids is 1. The van der Waals surface area contributed by atoms with E-state index >= 15 is 0 Å². The molecule has 1 fully saturated rings. The quantitative estimate of drug-likeness (QED) is 0.519. The summed E-state index contributed by atoms with van der Waals surface area (Å²) in [4.78, 5) is 14.0. The van der Waals surface area contributed by atoms with Crippen LogP contribution in [0, 0.1) is 5.92 Å². The van der Waals surface area contributed by atoms with Crippen LogP contribution in [0.1, 0.15) is 51.4 Å². The normalized spacial score (nSPS) is 17.4. The second kappa shape index (κ2) is 7.94. The molecule has 0 aromatic heterocycles. The highest BCUT2D eigenvalue weighted by Crippen LogP contribution is 2.25. The standard InChI is InChI=1S/C13H24ClNO/c1-15(11-7-3-6-10-14)13(16)12-8-4-2-5-9-12/h12H,2-11H2,1H3. The van der Waals surface area contributed by atoms with E-state index in [1.807, 2.05) is 11.9 Å². The van der Waals surface area contributed by atoms with Crippen molar-refractivity contribution in [3.63, 3.8) is 0 Å². The Morgan fingerprint density at radius 2 is 1.88 bits per heavy atom. The molecule has 1 aliphatic carbocycles. The molecule has 94 valence electrons. The fourth-order valence-corrected chi connectivity index (χ4v) is 2.58. The van der Waals surface area contributed by atoms with E-state index in [0.29, 0.717) is 11.8 Å². The minimum absolute atomic E-state index is 0.312. The SMILES string of the molecule is CN(CCCCCCl)C(=O)C1CCCCC1. The van der Waals surface area contributed by atoms with Gasteiger partial charge in [-0.3, -0.25) is 4.79 Å². The smallest absolute Gasteiger partial charge is 0.225 e. The van der Waals surface area contributed by atoms with Gasteiger partial charge in [-0.05, 0) is 25.7 Å². The lowest BCUT2D eigenvalue weighted by atomic mass is 9.88. The van der Waals surface area contributed by atoms with Crippen LogP contribution in [-0.2, 0) is 4.79 Å². The number of nitrogens with zero attached hydrogens (tertiary/aromatic N) is 1. The van der Waals surface area contributed by atoms with Crippen molar-refractivity contribution in [2.75, 3.05) is 19.5 Å². The summed E-state index contributed by atoms with van der Waals surface area (Å²) in [6, 6.07) is 0. The van der Waals surface area contributed by atoms with E-state index in [4.69, 9.17) is 11.6 Å². The summed E-state index contributed by atoms with van der Waals surface area (Å²) in [5.41, 5.74) is 0. The first-order valence-corrected chi connectivity index (χ1v) is 7.10. The zero-order chi connectivity index (χ0) is 11.8. The maximum absolute atomic E-state index is 12.1. The van der Waals surface area contributed by atoms with Crippen molar-refractivity contribution in [2.24, 2.45) is 5.92 Å². The number of hydrogen-bond donors (Lipinski definition) is 0. The van der Waals surface area contributed by atoms with E-state index in [-0.39, 0.29) is 0 Å². The molecule has 16 heavy (non-hydrogen) atoms. The van der Waals surface area contributed by atoms with Gasteiger partial charge in [0, 0.05) is 25.4 Å². The molecule has 0 heterocycles. The number of hydrogen-bond acceptors (Lipinski definition) is 1. The summed E-state index contributed by atoms with van der Waals surface area (Å²) >= 11 is 5.62. The molecule has 0 atom stereocenters. The number of amides is 1. The van der Waals surface area contributed by atoms with Crippen LogP contribution in [0.5, 0.6) is 0 Å². The average Bonchev–Trinajstić information content (AvgIpc) is 2.34. The molecule has 0 aromatic carbocycles. The fourth-order valence-electron chi connectivity index (χ4n) is 2.39. The average molecular weight is 246 g/mol. The Morgan fingerprint density at radius 3 is 2.50 bits per heavy atom. The van der Waals surface area contributed by atoms with Crippen LogP contribution < -0.4 is 0 Å². The highest BCUT2D eigenvalue weighted by atomic mass is 35.5. The first kappa shape index (κ1) is 13.8. The minimum Gasteiger partial charge on any atom is -0.346 e. The molecule has 0 radical (unpaired) electrons. The first-order valence-electron chi connectivity index (χ1n) is 6.56. The van der Waals surface area contributed by atoms with Gasteiger partial charge in [-0.1, -0.05) is 25.7 Å². The van der Waals surface area contributed by atoms with Gasteiger partial charge in [-0.15, -0.1) is 11.6 Å². The van der Waals surface area contributed by atoms with Gasteiger partial charge < -0.3 is 4.90 Å². The predicted molar refractivity (Wildman–Crippen MR) is 68.8 cm³/mol. The van der Waals surface area contributed by atoms with Crippen molar-refractivity contribution in [3.8, 4) is 0 Å². The second-order valence-electron chi connectivity index (χ2n) is 4.84. The molecule has 1 rings (SSSR count). The highest BCUT2D eigenvalue weighted by molar-refractivity contribution is 6.17. The first-order chi connectivity index (χ1) is 7.75. The van der Waals surface area contributed by atoms with Crippen molar-refractivity contribution >= 4 is 17.5 Å². The van der Waals surface area contributed by atoms with E-state index in [1.165, 1.54) is 19.3 Å². The van der Waals surface area contributed by atoms with Crippen LogP contribution >= 0.6 is 11.6 Å². The molecule has 1 amide bonds. The largest absolute Gasteiger partial charge is 0.346 e. The van der Waals surface area contributed by atoms with Gasteiger partial charge in [0.15, 0.2) is 0 Å². The topological polar surface area (TPSA) is 20.3 Å². The van der Waals surface area contributed by atoms with Crippen LogP contribution in [-0.4, -0.2) is 30.3 Å². The molecule has 0 unspecified atom stereocenters. The van der Waals surface area contributed by atoms with Gasteiger partial charge in [0.1, 0.15) is 0 Å². The zero-order valence-corrected chi connectivity index (χ0v) is 11.1. The summed E-state index contributed by atoms with van der Waals surface area (Å²) in [5, 5.41) is 0. The molecule has 1 aliphatic rings. The van der Waals surface area contributed by atoms with Crippen molar-refractivity contribution in [1.29, 1.82) is 0 Å². The molecular weight excluding hydrogens is 222 g/mol. The van der Waals surface area contributed by atoms with Crippen LogP contribution in [0.25, 0.3) is 0 Å². The third-order valence-electron chi connectivity index (χ3n) is 3.46. The molecule has 1 saturated carbocycles. The number of alkyl halides is 1. The fraction of sp³-hybridized carbons (Fsp3) is 0.923. The van der Waals surface area contributed by atoms with E-state index in [9.17, 15) is 4.79 Å². The Hall–Kier alpha value is -0.240. The highest BCUT2D eigenvalue weighted by Gasteiger charge is 2.23. The number of halogens is 1. The third-order valence-corrected chi connectivity index (χ3v) is 3.73.